The van der Waals surface area contributed by atoms with E-state index in [1.807, 2.05) is 19.1 Å². The second-order valence-corrected chi connectivity index (χ2v) is 5.91. The maximum atomic E-state index is 12.6. The molecule has 1 aliphatic heterocycles. The minimum absolute atomic E-state index is 0.0719. The number of ether oxygens (including phenoxy) is 1. The number of aromatic nitrogens is 1. The summed E-state index contributed by atoms with van der Waals surface area (Å²) in [6.45, 7) is 3.17. The number of hydrogen-bond acceptors (Lipinski definition) is 4. The molecule has 0 aliphatic carbocycles. The number of pyridine rings is 1. The molecule has 0 unspecified atom stereocenters. The van der Waals surface area contributed by atoms with E-state index in [4.69, 9.17) is 9.84 Å². The van der Waals surface area contributed by atoms with E-state index in [-0.39, 0.29) is 18.9 Å². The number of carboxylic acid groups (broad SMARTS) is 1. The second kappa shape index (κ2) is 7.34. The number of aliphatic carboxylic acids is 1. The molecule has 1 aliphatic rings. The fourth-order valence-electron chi connectivity index (χ4n) is 2.90. The Balaban J connectivity index is 1.83. The van der Waals surface area contributed by atoms with Crippen molar-refractivity contribution in [1.82, 2.24) is 9.88 Å². The third-order valence-corrected chi connectivity index (χ3v) is 4.27. The lowest BCUT2D eigenvalue weighted by molar-refractivity contribution is -0.137. The van der Waals surface area contributed by atoms with Crippen molar-refractivity contribution in [3.8, 4) is 16.9 Å². The average molecular weight is 340 g/mol. The topological polar surface area (TPSA) is 79.7 Å². The zero-order chi connectivity index (χ0) is 17.8. The number of amides is 1. The van der Waals surface area contributed by atoms with Crippen molar-refractivity contribution in [3.63, 3.8) is 0 Å². The molecule has 25 heavy (non-hydrogen) atoms. The molecule has 1 aromatic carbocycles. The van der Waals surface area contributed by atoms with Gasteiger partial charge in [-0.1, -0.05) is 6.07 Å². The van der Waals surface area contributed by atoms with Crippen molar-refractivity contribution < 1.29 is 19.4 Å². The van der Waals surface area contributed by atoms with E-state index in [0.717, 1.165) is 28.9 Å². The summed E-state index contributed by atoms with van der Waals surface area (Å²) in [7, 11) is 0. The van der Waals surface area contributed by atoms with Gasteiger partial charge in [0.25, 0.3) is 5.91 Å². The number of benzene rings is 1. The maximum Gasteiger partial charge on any atom is 0.305 e. The first kappa shape index (κ1) is 17.0. The second-order valence-electron chi connectivity index (χ2n) is 5.91. The lowest BCUT2D eigenvalue weighted by Gasteiger charge is -2.20. The Morgan fingerprint density at radius 1 is 1.24 bits per heavy atom. The predicted octanol–water partition coefficient (Wildman–Crippen LogP) is 2.62. The van der Waals surface area contributed by atoms with Gasteiger partial charge in [0.15, 0.2) is 0 Å². The fourth-order valence-corrected chi connectivity index (χ4v) is 2.90. The minimum atomic E-state index is -0.918. The summed E-state index contributed by atoms with van der Waals surface area (Å²) in [6, 6.07) is 7.76. The van der Waals surface area contributed by atoms with Crippen LogP contribution in [0.4, 0.5) is 0 Å². The van der Waals surface area contributed by atoms with Gasteiger partial charge in [0.2, 0.25) is 0 Å². The first-order valence-corrected chi connectivity index (χ1v) is 8.30. The Morgan fingerprint density at radius 3 is 2.84 bits per heavy atom. The normalized spacial score (nSPS) is 12.4. The summed E-state index contributed by atoms with van der Waals surface area (Å²) >= 11 is 0. The van der Waals surface area contributed by atoms with E-state index in [1.165, 1.54) is 11.1 Å². The Morgan fingerprint density at radius 2 is 2.08 bits per heavy atom. The van der Waals surface area contributed by atoms with Crippen LogP contribution in [0, 0.1) is 0 Å². The first-order chi connectivity index (χ1) is 12.1. The molecule has 0 saturated heterocycles. The van der Waals surface area contributed by atoms with Crippen LogP contribution in [0.2, 0.25) is 0 Å². The van der Waals surface area contributed by atoms with E-state index in [9.17, 15) is 9.59 Å². The van der Waals surface area contributed by atoms with Crippen molar-refractivity contribution in [2.75, 3.05) is 19.7 Å². The monoisotopic (exact) mass is 340 g/mol. The molecule has 2 aromatic rings. The van der Waals surface area contributed by atoms with Crippen molar-refractivity contribution in [1.29, 1.82) is 0 Å². The molecule has 6 heteroatoms. The molecule has 1 amide bonds. The molecule has 1 N–H and O–H groups in total. The summed E-state index contributed by atoms with van der Waals surface area (Å²) in [5, 5.41) is 8.82. The number of carboxylic acids is 1. The molecule has 0 atom stereocenters. The smallest absolute Gasteiger partial charge is 0.305 e. The number of fused-ring (bicyclic) bond motifs is 1. The molecule has 6 nitrogen and oxygen atoms in total. The van der Waals surface area contributed by atoms with Gasteiger partial charge in [-0.3, -0.25) is 14.6 Å². The van der Waals surface area contributed by atoms with Gasteiger partial charge < -0.3 is 14.7 Å². The van der Waals surface area contributed by atoms with Gasteiger partial charge in [0, 0.05) is 37.5 Å². The van der Waals surface area contributed by atoms with E-state index in [0.29, 0.717) is 18.7 Å². The van der Waals surface area contributed by atoms with Crippen LogP contribution in [0.5, 0.6) is 5.75 Å². The first-order valence-electron chi connectivity index (χ1n) is 8.30. The third kappa shape index (κ3) is 3.79. The Bertz CT molecular complexity index is 804. The van der Waals surface area contributed by atoms with Gasteiger partial charge in [-0.15, -0.1) is 0 Å². The van der Waals surface area contributed by atoms with Crippen molar-refractivity contribution in [2.24, 2.45) is 0 Å². The Labute approximate surface area is 146 Å². The zero-order valence-corrected chi connectivity index (χ0v) is 14.1. The summed E-state index contributed by atoms with van der Waals surface area (Å²) in [5.74, 6) is -0.212. The number of hydrogen-bond donors (Lipinski definition) is 1. The number of rotatable bonds is 6. The summed E-state index contributed by atoms with van der Waals surface area (Å²) in [5.41, 5.74) is 3.46. The molecule has 0 spiro atoms. The van der Waals surface area contributed by atoms with Crippen LogP contribution >= 0.6 is 0 Å². The molecule has 1 aromatic heterocycles. The highest BCUT2D eigenvalue weighted by Crippen LogP contribution is 2.30. The fraction of sp³-hybridized carbons (Fsp3) is 0.316. The van der Waals surface area contributed by atoms with Crippen molar-refractivity contribution in [2.45, 2.75) is 19.8 Å². The Hall–Kier alpha value is -2.89. The SMILES string of the molecule is CCN(CCC(=O)O)C(=O)c1cncc(-c2ccc3c(c2)CCO3)c1. The van der Waals surface area contributed by atoms with Crippen LogP contribution in [0.1, 0.15) is 29.3 Å². The molecule has 0 radical (unpaired) electrons. The quantitative estimate of drug-likeness (QED) is 0.874. The van der Waals surface area contributed by atoms with E-state index < -0.39 is 5.97 Å². The lowest BCUT2D eigenvalue weighted by atomic mass is 10.0. The average Bonchev–Trinajstić information content (AvgIpc) is 3.09. The van der Waals surface area contributed by atoms with E-state index in [1.54, 1.807) is 12.3 Å². The highest BCUT2D eigenvalue weighted by molar-refractivity contribution is 5.95. The molecule has 0 bridgehead atoms. The zero-order valence-electron chi connectivity index (χ0n) is 14.1. The largest absolute Gasteiger partial charge is 0.493 e. The van der Waals surface area contributed by atoms with Gasteiger partial charge in [-0.2, -0.15) is 0 Å². The van der Waals surface area contributed by atoms with Crippen molar-refractivity contribution in [3.05, 3.63) is 47.8 Å². The third-order valence-electron chi connectivity index (χ3n) is 4.27. The van der Waals surface area contributed by atoms with Crippen molar-refractivity contribution >= 4 is 11.9 Å². The minimum Gasteiger partial charge on any atom is -0.493 e. The number of nitrogens with zero attached hydrogens (tertiary/aromatic N) is 2. The van der Waals surface area contributed by atoms with Gasteiger partial charge in [-0.25, -0.2) is 0 Å². The van der Waals surface area contributed by atoms with Gasteiger partial charge in [0.1, 0.15) is 5.75 Å². The predicted molar refractivity (Wildman–Crippen MR) is 92.7 cm³/mol. The van der Waals surface area contributed by atoms with Crippen LogP contribution < -0.4 is 4.74 Å². The summed E-state index contributed by atoms with van der Waals surface area (Å²) < 4.78 is 5.52. The van der Waals surface area contributed by atoms with Crippen LogP contribution in [-0.4, -0.2) is 46.6 Å². The molecule has 3 rings (SSSR count). The summed E-state index contributed by atoms with van der Waals surface area (Å²) in [6.07, 6.45) is 4.05. The van der Waals surface area contributed by atoms with E-state index in [2.05, 4.69) is 11.1 Å². The standard InChI is InChI=1S/C19H20N2O4/c1-2-21(7-5-18(22)23)19(24)16-10-15(11-20-12-16)13-3-4-17-14(9-13)6-8-25-17/h3-4,9-12H,2,5-8H2,1H3,(H,22,23). The molecule has 130 valence electrons. The Kier molecular flexibility index (Phi) is 4.97. The van der Waals surface area contributed by atoms with Crippen LogP contribution in [-0.2, 0) is 11.2 Å². The molecular weight excluding hydrogens is 320 g/mol. The van der Waals surface area contributed by atoms with E-state index >= 15 is 0 Å². The maximum absolute atomic E-state index is 12.6. The highest BCUT2D eigenvalue weighted by Gasteiger charge is 2.17. The van der Waals surface area contributed by atoms with Gasteiger partial charge in [0.05, 0.1) is 18.6 Å². The molecule has 0 fully saturated rings. The molecule has 2 heterocycles. The van der Waals surface area contributed by atoms with Gasteiger partial charge in [-0.05, 0) is 36.2 Å². The molecule has 0 saturated carbocycles. The lowest BCUT2D eigenvalue weighted by Crippen LogP contribution is -2.32. The summed E-state index contributed by atoms with van der Waals surface area (Å²) in [4.78, 5) is 29.1. The number of carbonyl (C=O) groups excluding carboxylic acids is 1. The highest BCUT2D eigenvalue weighted by atomic mass is 16.5. The van der Waals surface area contributed by atoms with Gasteiger partial charge >= 0.3 is 5.97 Å². The van der Waals surface area contributed by atoms with Crippen LogP contribution in [0.25, 0.3) is 11.1 Å². The van der Waals surface area contributed by atoms with Crippen LogP contribution in [0.3, 0.4) is 0 Å². The molecular formula is C19H20N2O4. The van der Waals surface area contributed by atoms with Crippen LogP contribution in [0.15, 0.2) is 36.7 Å². The number of carbonyl (C=O) groups is 2.